The molecule has 3 aromatic carbocycles. The summed E-state index contributed by atoms with van der Waals surface area (Å²) in [4.78, 5) is 28.5. The molecule has 3 aromatic rings. The number of benzene rings is 3. The number of carbonyl (C=O) groups is 2. The zero-order chi connectivity index (χ0) is 24.7. The van der Waals surface area contributed by atoms with Gasteiger partial charge in [-0.2, -0.15) is 0 Å². The summed E-state index contributed by atoms with van der Waals surface area (Å²) in [6, 6.07) is 20.3. The van der Waals surface area contributed by atoms with Gasteiger partial charge >= 0.3 is 0 Å². The number of amides is 2. The molecule has 0 aromatic heterocycles. The minimum absolute atomic E-state index is 0.00949. The fraction of sp³-hybridized carbons (Fsp3) is 0.286. The molecule has 0 aliphatic carbocycles. The van der Waals surface area contributed by atoms with Crippen molar-refractivity contribution in [3.05, 3.63) is 107 Å². The fourth-order valence-corrected chi connectivity index (χ4v) is 3.67. The third kappa shape index (κ3) is 7.51. The van der Waals surface area contributed by atoms with Crippen LogP contribution in [-0.4, -0.2) is 28.3 Å². The van der Waals surface area contributed by atoms with Crippen LogP contribution in [0.2, 0.25) is 0 Å². The van der Waals surface area contributed by atoms with Gasteiger partial charge in [-0.25, -0.2) is 8.78 Å². The zero-order valence-corrected chi connectivity index (χ0v) is 19.7. The van der Waals surface area contributed by atoms with E-state index in [-0.39, 0.29) is 36.4 Å². The summed E-state index contributed by atoms with van der Waals surface area (Å²) < 4.78 is 26.8. The Hall–Kier alpha value is -3.54. The van der Waals surface area contributed by atoms with Crippen LogP contribution in [0.3, 0.4) is 0 Å². The number of carbonyl (C=O) groups excluding carboxylic acids is 2. The van der Waals surface area contributed by atoms with Crippen LogP contribution in [-0.2, 0) is 29.0 Å². The minimum Gasteiger partial charge on any atom is -0.350 e. The van der Waals surface area contributed by atoms with Gasteiger partial charge in [0.15, 0.2) is 0 Å². The van der Waals surface area contributed by atoms with E-state index in [4.69, 9.17) is 0 Å². The molecule has 0 radical (unpaired) electrons. The molecular weight excluding hydrogens is 434 g/mol. The van der Waals surface area contributed by atoms with Gasteiger partial charge in [0, 0.05) is 18.5 Å². The quantitative estimate of drug-likeness (QED) is 0.507. The number of hydrogen-bond acceptors (Lipinski definition) is 2. The first-order valence-corrected chi connectivity index (χ1v) is 11.2. The van der Waals surface area contributed by atoms with Crippen LogP contribution in [0.25, 0.3) is 0 Å². The molecule has 1 N–H and O–H groups in total. The van der Waals surface area contributed by atoms with Crippen LogP contribution in [0, 0.1) is 11.6 Å². The van der Waals surface area contributed by atoms with Crippen LogP contribution < -0.4 is 5.32 Å². The molecule has 2 amide bonds. The predicted molar refractivity (Wildman–Crippen MR) is 129 cm³/mol. The van der Waals surface area contributed by atoms with Crippen LogP contribution in [0.15, 0.2) is 78.9 Å². The van der Waals surface area contributed by atoms with E-state index in [1.807, 2.05) is 51.1 Å². The van der Waals surface area contributed by atoms with E-state index in [0.717, 1.165) is 5.56 Å². The van der Waals surface area contributed by atoms with Gasteiger partial charge in [-0.3, -0.25) is 9.59 Å². The van der Waals surface area contributed by atoms with Gasteiger partial charge in [0.1, 0.15) is 17.7 Å². The third-order valence-corrected chi connectivity index (χ3v) is 5.30. The second kappa shape index (κ2) is 11.1. The second-order valence-corrected chi connectivity index (χ2v) is 9.40. The predicted octanol–water partition coefficient (Wildman–Crippen LogP) is 5.06. The molecule has 4 nitrogen and oxygen atoms in total. The average Bonchev–Trinajstić information content (AvgIpc) is 2.78. The SMILES string of the molecule is CC(C)(C)NC(=O)[C@@H](Cc1ccccc1)N(Cc1ccc(F)cc1)C(=O)Cc1ccc(F)cc1. The first-order chi connectivity index (χ1) is 16.1. The maximum atomic E-state index is 13.5. The Bertz CT molecular complexity index is 1090. The molecule has 0 unspecified atom stereocenters. The Balaban J connectivity index is 1.97. The second-order valence-electron chi connectivity index (χ2n) is 9.40. The van der Waals surface area contributed by atoms with Gasteiger partial charge < -0.3 is 10.2 Å². The number of rotatable bonds is 8. The van der Waals surface area contributed by atoms with E-state index in [2.05, 4.69) is 5.32 Å². The lowest BCUT2D eigenvalue weighted by Crippen LogP contribution is -2.54. The highest BCUT2D eigenvalue weighted by atomic mass is 19.1. The zero-order valence-electron chi connectivity index (χ0n) is 19.7. The molecule has 34 heavy (non-hydrogen) atoms. The maximum Gasteiger partial charge on any atom is 0.243 e. The van der Waals surface area contributed by atoms with Crippen molar-refractivity contribution in [2.45, 2.75) is 51.7 Å². The van der Waals surface area contributed by atoms with Gasteiger partial charge in [0.2, 0.25) is 11.8 Å². The van der Waals surface area contributed by atoms with E-state index in [1.54, 1.807) is 24.3 Å². The average molecular weight is 465 g/mol. The molecule has 1 atom stereocenters. The Morgan fingerprint density at radius 1 is 0.794 bits per heavy atom. The van der Waals surface area contributed by atoms with Crippen molar-refractivity contribution in [1.29, 1.82) is 0 Å². The first kappa shape index (κ1) is 25.1. The number of nitrogens with one attached hydrogen (secondary N) is 1. The molecule has 0 saturated carbocycles. The van der Waals surface area contributed by atoms with Crippen LogP contribution in [0.1, 0.15) is 37.5 Å². The Morgan fingerprint density at radius 2 is 1.32 bits per heavy atom. The summed E-state index contributed by atoms with van der Waals surface area (Å²) >= 11 is 0. The molecular formula is C28H30F2N2O2. The Kier molecular flexibility index (Phi) is 8.16. The number of halogens is 2. The Morgan fingerprint density at radius 3 is 1.85 bits per heavy atom. The summed E-state index contributed by atoms with van der Waals surface area (Å²) in [5.74, 6) is -1.31. The summed E-state index contributed by atoms with van der Waals surface area (Å²) in [6.07, 6.45) is 0.328. The van der Waals surface area contributed by atoms with Crippen molar-refractivity contribution < 1.29 is 18.4 Å². The molecule has 0 heterocycles. The summed E-state index contributed by atoms with van der Waals surface area (Å²) in [5.41, 5.74) is 1.77. The van der Waals surface area contributed by atoms with Crippen molar-refractivity contribution in [2.24, 2.45) is 0 Å². The molecule has 178 valence electrons. The van der Waals surface area contributed by atoms with Gasteiger partial charge in [0.25, 0.3) is 0 Å². The van der Waals surface area contributed by atoms with Crippen molar-refractivity contribution in [3.63, 3.8) is 0 Å². The highest BCUT2D eigenvalue weighted by molar-refractivity contribution is 5.89. The number of nitrogens with zero attached hydrogens (tertiary/aromatic N) is 1. The van der Waals surface area contributed by atoms with E-state index in [0.29, 0.717) is 17.5 Å². The van der Waals surface area contributed by atoms with E-state index >= 15 is 0 Å². The molecule has 0 spiro atoms. The maximum absolute atomic E-state index is 13.5. The lowest BCUT2D eigenvalue weighted by molar-refractivity contribution is -0.141. The largest absolute Gasteiger partial charge is 0.350 e. The summed E-state index contributed by atoms with van der Waals surface area (Å²) in [5, 5.41) is 3.00. The lowest BCUT2D eigenvalue weighted by Gasteiger charge is -2.34. The Labute approximate surface area is 199 Å². The molecule has 6 heteroatoms. The first-order valence-electron chi connectivity index (χ1n) is 11.2. The smallest absolute Gasteiger partial charge is 0.243 e. The highest BCUT2D eigenvalue weighted by Crippen LogP contribution is 2.18. The van der Waals surface area contributed by atoms with Crippen molar-refractivity contribution in [2.75, 3.05) is 0 Å². The normalized spacial score (nSPS) is 12.1. The molecule has 0 saturated heterocycles. The van der Waals surface area contributed by atoms with Gasteiger partial charge in [0.05, 0.1) is 6.42 Å². The molecule has 0 fully saturated rings. The van der Waals surface area contributed by atoms with Gasteiger partial charge in [-0.05, 0) is 61.7 Å². The molecule has 0 bridgehead atoms. The highest BCUT2D eigenvalue weighted by Gasteiger charge is 2.32. The van der Waals surface area contributed by atoms with E-state index < -0.39 is 11.6 Å². The molecule has 0 aliphatic rings. The topological polar surface area (TPSA) is 49.4 Å². The lowest BCUT2D eigenvalue weighted by atomic mass is 10.00. The van der Waals surface area contributed by atoms with Gasteiger partial charge in [-0.15, -0.1) is 0 Å². The van der Waals surface area contributed by atoms with Crippen molar-refractivity contribution in [3.8, 4) is 0 Å². The fourth-order valence-electron chi connectivity index (χ4n) is 3.67. The summed E-state index contributed by atoms with van der Waals surface area (Å²) in [7, 11) is 0. The van der Waals surface area contributed by atoms with Crippen molar-refractivity contribution >= 4 is 11.8 Å². The van der Waals surface area contributed by atoms with Crippen molar-refractivity contribution in [1.82, 2.24) is 10.2 Å². The van der Waals surface area contributed by atoms with Crippen LogP contribution in [0.5, 0.6) is 0 Å². The van der Waals surface area contributed by atoms with E-state index in [9.17, 15) is 18.4 Å². The van der Waals surface area contributed by atoms with E-state index in [1.165, 1.54) is 29.2 Å². The minimum atomic E-state index is -0.792. The molecule has 0 aliphatic heterocycles. The summed E-state index contributed by atoms with van der Waals surface area (Å²) in [6.45, 7) is 5.79. The molecule has 3 rings (SSSR count). The monoisotopic (exact) mass is 464 g/mol. The van der Waals surface area contributed by atoms with Crippen LogP contribution >= 0.6 is 0 Å². The van der Waals surface area contributed by atoms with Crippen LogP contribution in [0.4, 0.5) is 8.78 Å². The van der Waals surface area contributed by atoms with Gasteiger partial charge in [-0.1, -0.05) is 54.6 Å². The third-order valence-electron chi connectivity index (χ3n) is 5.30. The number of hydrogen-bond donors (Lipinski definition) is 1. The standard InChI is InChI=1S/C28H30F2N2O2/c1-28(2,3)31-27(34)25(17-20-7-5-4-6-8-20)32(19-22-11-15-24(30)16-12-22)26(33)18-21-9-13-23(29)14-10-21/h4-16,25H,17-19H2,1-3H3,(H,31,34)/t25-/m1/s1.